The fourth-order valence-corrected chi connectivity index (χ4v) is 8.35. The molecule has 2 unspecified atom stereocenters. The van der Waals surface area contributed by atoms with Gasteiger partial charge in [0, 0.05) is 26.0 Å². The average molecular weight is 659 g/mol. The van der Waals surface area contributed by atoms with Gasteiger partial charge in [0.25, 0.3) is 0 Å². The number of nitrogens with zero attached hydrogens (tertiary/aromatic N) is 2. The minimum atomic E-state index is -0.839. The van der Waals surface area contributed by atoms with Gasteiger partial charge in [0.1, 0.15) is 17.6 Å². The Morgan fingerprint density at radius 3 is 2.42 bits per heavy atom. The molecule has 3 aromatic carbocycles. The molecule has 2 aliphatic heterocycles. The maximum atomic E-state index is 13.8. The van der Waals surface area contributed by atoms with Crippen molar-refractivity contribution in [1.82, 2.24) is 4.57 Å². The van der Waals surface area contributed by atoms with E-state index in [9.17, 15) is 23.6 Å². The number of carbonyl (C=O) groups is 3. The van der Waals surface area contributed by atoms with Crippen molar-refractivity contribution in [2.24, 2.45) is 5.92 Å². The third kappa shape index (κ3) is 4.81. The van der Waals surface area contributed by atoms with Gasteiger partial charge in [-0.25, -0.2) is 9.29 Å². The van der Waals surface area contributed by atoms with Crippen molar-refractivity contribution in [3.05, 3.63) is 108 Å². The lowest BCUT2D eigenvalue weighted by Gasteiger charge is -2.30. The van der Waals surface area contributed by atoms with Gasteiger partial charge >= 0.3 is 4.87 Å². The number of thioether (sulfide) groups is 1. The van der Waals surface area contributed by atoms with E-state index in [1.807, 2.05) is 24.3 Å². The highest BCUT2D eigenvalue weighted by molar-refractivity contribution is 9.10. The van der Waals surface area contributed by atoms with Crippen LogP contribution in [0.25, 0.3) is 0 Å². The molecule has 3 atom stereocenters. The second-order valence-electron chi connectivity index (χ2n) is 9.26. The van der Waals surface area contributed by atoms with E-state index >= 15 is 0 Å². The lowest BCUT2D eigenvalue weighted by Crippen LogP contribution is -2.33. The molecule has 0 spiro atoms. The molecule has 1 saturated heterocycles. The van der Waals surface area contributed by atoms with Crippen LogP contribution >= 0.6 is 50.6 Å². The molecule has 12 heteroatoms. The first-order chi connectivity index (χ1) is 19.2. The first kappa shape index (κ1) is 26.9. The van der Waals surface area contributed by atoms with E-state index in [1.54, 1.807) is 24.3 Å². The summed E-state index contributed by atoms with van der Waals surface area (Å²) >= 11 is 11.5. The maximum Gasteiger partial charge on any atom is 0.308 e. The second-order valence-corrected chi connectivity index (χ2v) is 12.7. The Morgan fingerprint density at radius 1 is 1.00 bits per heavy atom. The van der Waals surface area contributed by atoms with Crippen LogP contribution in [0, 0.1) is 11.7 Å². The number of nitrogens with one attached hydrogen (secondary N) is 1. The minimum absolute atomic E-state index is 0.271. The monoisotopic (exact) mass is 657 g/mol. The van der Waals surface area contributed by atoms with Crippen molar-refractivity contribution in [3.63, 3.8) is 0 Å². The first-order valence-corrected chi connectivity index (χ1v) is 14.9. The third-order valence-corrected chi connectivity index (χ3v) is 10.1. The molecule has 0 radical (unpaired) electrons. The van der Waals surface area contributed by atoms with Gasteiger partial charge in [-0.05, 0) is 66.2 Å². The largest absolute Gasteiger partial charge is 0.325 e. The van der Waals surface area contributed by atoms with Crippen LogP contribution in [0.3, 0.4) is 0 Å². The van der Waals surface area contributed by atoms with Crippen molar-refractivity contribution in [2.75, 3.05) is 10.2 Å². The molecule has 0 saturated carbocycles. The van der Waals surface area contributed by atoms with Crippen LogP contribution in [-0.2, 0) is 20.9 Å². The van der Waals surface area contributed by atoms with E-state index in [-0.39, 0.29) is 17.1 Å². The van der Waals surface area contributed by atoms with Crippen LogP contribution in [0.5, 0.6) is 0 Å². The van der Waals surface area contributed by atoms with Crippen molar-refractivity contribution in [1.29, 1.82) is 0 Å². The van der Waals surface area contributed by atoms with Gasteiger partial charge in [-0.2, -0.15) is 0 Å². The summed E-state index contributed by atoms with van der Waals surface area (Å²) in [4.78, 5) is 55.1. The molecule has 1 fully saturated rings. The van der Waals surface area contributed by atoms with Crippen molar-refractivity contribution < 1.29 is 18.8 Å². The van der Waals surface area contributed by atoms with E-state index in [0.29, 0.717) is 20.6 Å². The Morgan fingerprint density at radius 2 is 1.73 bits per heavy atom. The topological polar surface area (TPSA) is 88.5 Å². The highest BCUT2D eigenvalue weighted by Crippen LogP contribution is 2.54. The minimum Gasteiger partial charge on any atom is -0.325 e. The van der Waals surface area contributed by atoms with Gasteiger partial charge in [0.05, 0.1) is 16.6 Å². The summed E-state index contributed by atoms with van der Waals surface area (Å²) in [7, 11) is 0. The Bertz CT molecular complexity index is 1720. The quantitative estimate of drug-likeness (QED) is 0.270. The number of rotatable bonds is 5. The second kappa shape index (κ2) is 10.6. The van der Waals surface area contributed by atoms with Crippen LogP contribution in [0.1, 0.15) is 16.4 Å². The molecule has 0 bridgehead atoms. The summed E-state index contributed by atoms with van der Waals surface area (Å²) in [5.41, 5.74) is 1.56. The summed E-state index contributed by atoms with van der Waals surface area (Å²) in [5, 5.41) is 2.93. The van der Waals surface area contributed by atoms with Gasteiger partial charge in [0.15, 0.2) is 0 Å². The van der Waals surface area contributed by atoms with Crippen LogP contribution in [0.4, 0.5) is 15.8 Å². The van der Waals surface area contributed by atoms with Gasteiger partial charge < -0.3 is 5.32 Å². The number of fused-ring (bicyclic) bond motifs is 2. The number of imide groups is 1. The van der Waals surface area contributed by atoms with E-state index in [4.69, 9.17) is 11.6 Å². The Kier molecular flexibility index (Phi) is 7.16. The van der Waals surface area contributed by atoms with Crippen molar-refractivity contribution in [3.8, 4) is 0 Å². The van der Waals surface area contributed by atoms with Crippen LogP contribution < -0.4 is 15.1 Å². The number of hydrogen-bond donors (Lipinski definition) is 1. The van der Waals surface area contributed by atoms with E-state index in [2.05, 4.69) is 21.2 Å². The highest BCUT2D eigenvalue weighted by Gasteiger charge is 2.56. The van der Waals surface area contributed by atoms with Crippen LogP contribution in [0.2, 0.25) is 5.02 Å². The zero-order valence-electron chi connectivity index (χ0n) is 20.3. The number of amides is 3. The molecule has 3 amide bonds. The van der Waals surface area contributed by atoms with E-state index in [0.717, 1.165) is 38.0 Å². The van der Waals surface area contributed by atoms with Gasteiger partial charge in [-0.15, -0.1) is 0 Å². The molecule has 6 rings (SSSR count). The number of benzene rings is 3. The maximum absolute atomic E-state index is 13.8. The standard InChI is InChI=1S/C28H18BrClFN3O4S2/c29-15-3-1-2-14(12-15)21-22-23(26(37)34(25(22)36)19-10-6-17(31)7-11-19)39-27-24(21)40-28(38)33(27)13-20(35)32-18-8-4-16(30)5-9-18/h1-12,21-23H,13H2,(H,32,35)/t21-,22?,23?/m1/s1. The van der Waals surface area contributed by atoms with Gasteiger partial charge in [-0.3, -0.25) is 23.7 Å². The SMILES string of the molecule is O=C(Cn1c2c(sc1=O)[C@H](c1cccc(Br)c1)C1C(=O)N(c3ccc(F)cc3)C(=O)C1S2)Nc1ccc(Cl)cc1. The van der Waals surface area contributed by atoms with Gasteiger partial charge in [0.2, 0.25) is 17.7 Å². The average Bonchev–Trinajstić information content (AvgIpc) is 3.36. The zero-order valence-corrected chi connectivity index (χ0v) is 24.3. The third-order valence-electron chi connectivity index (χ3n) is 6.77. The summed E-state index contributed by atoms with van der Waals surface area (Å²) in [6.07, 6.45) is 0. The molecule has 1 aromatic heterocycles. The lowest BCUT2D eigenvalue weighted by atomic mass is 9.83. The van der Waals surface area contributed by atoms with Crippen LogP contribution in [-0.4, -0.2) is 27.5 Å². The summed E-state index contributed by atoms with van der Waals surface area (Å²) < 4.78 is 15.7. The fraction of sp³-hybridized carbons (Fsp3) is 0.143. The Labute approximate surface area is 249 Å². The number of aromatic nitrogens is 1. The van der Waals surface area contributed by atoms with E-state index < -0.39 is 40.6 Å². The summed E-state index contributed by atoms with van der Waals surface area (Å²) in [5.74, 6) is -3.17. The molecule has 202 valence electrons. The zero-order chi connectivity index (χ0) is 28.1. The van der Waals surface area contributed by atoms with Crippen molar-refractivity contribution >= 4 is 79.7 Å². The smallest absolute Gasteiger partial charge is 0.308 e. The molecule has 4 aromatic rings. The van der Waals surface area contributed by atoms with Crippen LogP contribution in [0.15, 0.2) is 87.1 Å². The molecule has 40 heavy (non-hydrogen) atoms. The summed E-state index contributed by atoms with van der Waals surface area (Å²) in [6, 6.07) is 19.2. The molecular formula is C28H18BrClFN3O4S2. The lowest BCUT2D eigenvalue weighted by molar-refractivity contribution is -0.122. The molecule has 1 N–H and O–H groups in total. The van der Waals surface area contributed by atoms with Crippen molar-refractivity contribution in [2.45, 2.75) is 22.7 Å². The first-order valence-electron chi connectivity index (χ1n) is 12.1. The number of carbonyl (C=O) groups excluding carboxylic acids is 3. The number of thiazole rings is 1. The molecule has 7 nitrogen and oxygen atoms in total. The fourth-order valence-electron chi connectivity index (χ4n) is 5.04. The van der Waals surface area contributed by atoms with E-state index in [1.165, 1.54) is 28.8 Å². The predicted octanol–water partition coefficient (Wildman–Crippen LogP) is 5.90. The number of halogens is 3. The Balaban J connectivity index is 1.41. The predicted molar refractivity (Wildman–Crippen MR) is 157 cm³/mol. The highest BCUT2D eigenvalue weighted by atomic mass is 79.9. The normalized spacial score (nSPS) is 19.9. The molecular weight excluding hydrogens is 641 g/mol. The Hall–Kier alpha value is -3.25. The number of hydrogen-bond acceptors (Lipinski definition) is 6. The molecule has 0 aliphatic carbocycles. The molecule has 2 aliphatic rings. The molecule has 3 heterocycles. The van der Waals surface area contributed by atoms with Gasteiger partial charge in [-0.1, -0.05) is 62.8 Å². The summed E-state index contributed by atoms with van der Waals surface area (Å²) in [6.45, 7) is -0.271. The number of anilines is 2.